The van der Waals surface area contributed by atoms with Crippen LogP contribution in [0.2, 0.25) is 0 Å². The molecule has 0 unspecified atom stereocenters. The Labute approximate surface area is 110 Å². The summed E-state index contributed by atoms with van der Waals surface area (Å²) < 4.78 is 0. The van der Waals surface area contributed by atoms with E-state index in [0.717, 1.165) is 0 Å². The van der Waals surface area contributed by atoms with Crippen molar-refractivity contribution in [2.45, 2.75) is 0 Å². The number of carbonyl (C=O) groups is 2. The molecular formula is C5H10CuN6O6. The second kappa shape index (κ2) is 11.3. The van der Waals surface area contributed by atoms with Gasteiger partial charge in [-0.15, -0.1) is 0 Å². The predicted molar refractivity (Wildman–Crippen MR) is 50.3 cm³/mol. The number of hydrogen-bond donors (Lipinski definition) is 3. The molecule has 1 heterocycles. The summed E-state index contributed by atoms with van der Waals surface area (Å²) in [6.45, 7) is 0. The van der Waals surface area contributed by atoms with Gasteiger partial charge in [0.25, 0.3) is 0 Å². The summed E-state index contributed by atoms with van der Waals surface area (Å²) in [5.41, 5.74) is 15.4. The van der Waals surface area contributed by atoms with Gasteiger partial charge in [0.15, 0.2) is 0 Å². The summed E-state index contributed by atoms with van der Waals surface area (Å²) in [7, 11) is 0. The molecular weight excluding hydrogens is 304 g/mol. The van der Waals surface area contributed by atoms with Crippen molar-refractivity contribution in [3.8, 4) is 0 Å². The van der Waals surface area contributed by atoms with E-state index in [4.69, 9.17) is 37.0 Å². The van der Waals surface area contributed by atoms with Gasteiger partial charge in [-0.2, -0.15) is 15.0 Å². The second-order valence-electron chi connectivity index (χ2n) is 1.98. The van der Waals surface area contributed by atoms with Crippen LogP contribution in [0, 0.1) is 0 Å². The SMILES string of the molecule is Nc1nc(N)nc(N)n1.O.O.O=C([O-])C(=O)[O-].[Cu+2]. The first-order chi connectivity index (χ1) is 6.82. The zero-order valence-electron chi connectivity index (χ0n) is 8.51. The number of anilines is 3. The van der Waals surface area contributed by atoms with Crippen molar-refractivity contribution in [2.24, 2.45) is 0 Å². The molecule has 0 atom stereocenters. The normalized spacial score (nSPS) is 7.11. The number of carbonyl (C=O) groups excluding carboxylic acids is 2. The maximum atomic E-state index is 8.93. The van der Waals surface area contributed by atoms with Crippen molar-refractivity contribution in [2.75, 3.05) is 17.2 Å². The number of nitrogens with two attached hydrogens (primary N) is 3. The van der Waals surface area contributed by atoms with Crippen molar-refractivity contribution < 1.29 is 47.8 Å². The molecule has 0 aliphatic rings. The molecule has 1 aromatic rings. The molecule has 0 bridgehead atoms. The van der Waals surface area contributed by atoms with E-state index in [1.807, 2.05) is 0 Å². The smallest absolute Gasteiger partial charge is 0.543 e. The number of aromatic nitrogens is 3. The number of carboxylic acids is 2. The molecule has 1 aromatic heterocycles. The van der Waals surface area contributed by atoms with E-state index < -0.39 is 11.9 Å². The minimum absolute atomic E-state index is 0. The standard InChI is InChI=1S/C3H6N6.C2H2O4.Cu.2H2O/c4-1-7-2(5)9-3(6)8-1;3-1(4)2(5)6;;;/h(H6,4,5,6,7,8,9);(H,3,4)(H,5,6);;2*1H2/q;;+2;;/p-2. The van der Waals surface area contributed by atoms with Crippen LogP contribution in [0.1, 0.15) is 0 Å². The fourth-order valence-corrected chi connectivity index (χ4v) is 0.427. The first-order valence-electron chi connectivity index (χ1n) is 3.27. The number of hydrogen-bond acceptors (Lipinski definition) is 10. The third-order valence-electron chi connectivity index (χ3n) is 0.854. The molecule has 0 spiro atoms. The number of rotatable bonds is 0. The first kappa shape index (κ1) is 24.8. The fraction of sp³-hybridized carbons (Fsp3) is 0. The molecule has 0 amide bonds. The Kier molecular flexibility index (Phi) is 15.6. The van der Waals surface area contributed by atoms with Gasteiger partial charge in [0.05, 0.1) is 11.9 Å². The predicted octanol–water partition coefficient (Wildman–Crippen LogP) is -6.55. The van der Waals surface area contributed by atoms with E-state index in [1.165, 1.54) is 0 Å². The zero-order valence-corrected chi connectivity index (χ0v) is 9.45. The van der Waals surface area contributed by atoms with Crippen molar-refractivity contribution in [3.05, 3.63) is 0 Å². The first-order valence-corrected chi connectivity index (χ1v) is 3.27. The minimum Gasteiger partial charge on any atom is -0.543 e. The molecule has 18 heavy (non-hydrogen) atoms. The molecule has 12 nitrogen and oxygen atoms in total. The molecule has 107 valence electrons. The molecule has 0 aliphatic carbocycles. The Hall–Kier alpha value is -2.21. The van der Waals surface area contributed by atoms with Gasteiger partial charge in [-0.05, 0) is 0 Å². The van der Waals surface area contributed by atoms with Crippen molar-refractivity contribution in [3.63, 3.8) is 0 Å². The Morgan fingerprint density at radius 3 is 1.06 bits per heavy atom. The summed E-state index contributed by atoms with van der Waals surface area (Å²) in [5, 5.41) is 17.9. The van der Waals surface area contributed by atoms with Crippen molar-refractivity contribution in [1.29, 1.82) is 0 Å². The number of nitrogen functional groups attached to an aromatic ring is 3. The van der Waals surface area contributed by atoms with Gasteiger partial charge in [0.2, 0.25) is 17.8 Å². The van der Waals surface area contributed by atoms with Crippen LogP contribution < -0.4 is 27.4 Å². The Balaban J connectivity index is -0.0000000992. The van der Waals surface area contributed by atoms with Crippen LogP contribution in [0.4, 0.5) is 17.8 Å². The van der Waals surface area contributed by atoms with Crippen molar-refractivity contribution in [1.82, 2.24) is 15.0 Å². The molecule has 0 fully saturated rings. The second-order valence-corrected chi connectivity index (χ2v) is 1.98. The van der Waals surface area contributed by atoms with Crippen LogP contribution in [0.25, 0.3) is 0 Å². The average Bonchev–Trinajstić information content (AvgIpc) is 2.01. The number of nitrogens with zero attached hydrogens (tertiary/aromatic N) is 3. The van der Waals surface area contributed by atoms with Gasteiger partial charge in [-0.3, -0.25) is 0 Å². The molecule has 0 saturated heterocycles. The van der Waals surface area contributed by atoms with Gasteiger partial charge in [0.1, 0.15) is 0 Å². The minimum atomic E-state index is -2.19. The molecule has 13 heteroatoms. The van der Waals surface area contributed by atoms with Gasteiger partial charge in [0, 0.05) is 0 Å². The van der Waals surface area contributed by atoms with E-state index in [2.05, 4.69) is 15.0 Å². The van der Waals surface area contributed by atoms with Gasteiger partial charge in [-0.25, -0.2) is 0 Å². The average molecular weight is 314 g/mol. The molecule has 0 saturated carbocycles. The van der Waals surface area contributed by atoms with Gasteiger partial charge >= 0.3 is 17.1 Å². The van der Waals surface area contributed by atoms with Gasteiger partial charge < -0.3 is 48.0 Å². The largest absolute Gasteiger partial charge is 2.00 e. The third-order valence-corrected chi connectivity index (χ3v) is 0.854. The molecule has 0 aromatic carbocycles. The van der Waals surface area contributed by atoms with E-state index >= 15 is 0 Å². The van der Waals surface area contributed by atoms with E-state index in [9.17, 15) is 0 Å². The van der Waals surface area contributed by atoms with Crippen LogP contribution in [-0.2, 0) is 26.7 Å². The maximum Gasteiger partial charge on any atom is 2.00 e. The van der Waals surface area contributed by atoms with Crippen LogP contribution in [0.3, 0.4) is 0 Å². The number of carboxylic acid groups (broad SMARTS) is 2. The fourth-order valence-electron chi connectivity index (χ4n) is 0.427. The van der Waals surface area contributed by atoms with Crippen LogP contribution >= 0.6 is 0 Å². The molecule has 10 N–H and O–H groups in total. The van der Waals surface area contributed by atoms with E-state index in [0.29, 0.717) is 0 Å². The number of aliphatic carboxylic acids is 2. The van der Waals surface area contributed by atoms with Crippen LogP contribution in [-0.4, -0.2) is 37.8 Å². The summed E-state index contributed by atoms with van der Waals surface area (Å²) in [6, 6.07) is 0. The topological polar surface area (TPSA) is 260 Å². The monoisotopic (exact) mass is 313 g/mol. The molecule has 1 radical (unpaired) electrons. The zero-order chi connectivity index (χ0) is 12.0. The van der Waals surface area contributed by atoms with E-state index in [1.54, 1.807) is 0 Å². The quantitative estimate of drug-likeness (QED) is 0.301. The summed E-state index contributed by atoms with van der Waals surface area (Å²) >= 11 is 0. The van der Waals surface area contributed by atoms with Gasteiger partial charge in [-0.1, -0.05) is 0 Å². The Bertz CT molecular complexity index is 326. The van der Waals surface area contributed by atoms with Crippen LogP contribution in [0.15, 0.2) is 0 Å². The molecule has 0 aliphatic heterocycles. The molecule has 1 rings (SSSR count). The Morgan fingerprint density at radius 1 is 0.778 bits per heavy atom. The third kappa shape index (κ3) is 11.9. The van der Waals surface area contributed by atoms with E-state index in [-0.39, 0.29) is 45.9 Å². The van der Waals surface area contributed by atoms with Crippen molar-refractivity contribution >= 4 is 29.8 Å². The summed E-state index contributed by atoms with van der Waals surface area (Å²) in [4.78, 5) is 28.3. The summed E-state index contributed by atoms with van der Waals surface area (Å²) in [6.07, 6.45) is 0. The summed E-state index contributed by atoms with van der Waals surface area (Å²) in [5.74, 6) is -4.25. The maximum absolute atomic E-state index is 8.93. The van der Waals surface area contributed by atoms with Crippen LogP contribution in [0.5, 0.6) is 0 Å². The Morgan fingerprint density at radius 2 is 0.944 bits per heavy atom.